The predicted octanol–water partition coefficient (Wildman–Crippen LogP) is 2.82. The van der Waals surface area contributed by atoms with Gasteiger partial charge in [-0.1, -0.05) is 13.3 Å². The van der Waals surface area contributed by atoms with E-state index in [-0.39, 0.29) is 24.2 Å². The van der Waals surface area contributed by atoms with Crippen LogP contribution in [0.15, 0.2) is 18.2 Å². The van der Waals surface area contributed by atoms with Crippen LogP contribution in [-0.4, -0.2) is 49.4 Å². The first kappa shape index (κ1) is 19.4. The van der Waals surface area contributed by atoms with E-state index in [0.717, 1.165) is 31.6 Å². The third-order valence-corrected chi connectivity index (χ3v) is 4.82. The molecule has 0 saturated carbocycles. The minimum Gasteiger partial charge on any atom is -0.496 e. The summed E-state index contributed by atoms with van der Waals surface area (Å²) in [7, 11) is 1.58. The van der Waals surface area contributed by atoms with E-state index >= 15 is 0 Å². The van der Waals surface area contributed by atoms with E-state index in [9.17, 15) is 9.59 Å². The summed E-state index contributed by atoms with van der Waals surface area (Å²) < 4.78 is 5.33. The molecular formula is C20H30N2O3. The van der Waals surface area contributed by atoms with Gasteiger partial charge in [-0.15, -0.1) is 0 Å². The largest absolute Gasteiger partial charge is 0.496 e. The van der Waals surface area contributed by atoms with Crippen molar-refractivity contribution in [3.63, 3.8) is 0 Å². The highest BCUT2D eigenvalue weighted by atomic mass is 16.5. The Labute approximate surface area is 150 Å². The number of carbonyl (C=O) groups is 2. The van der Waals surface area contributed by atoms with E-state index in [0.29, 0.717) is 11.3 Å². The maximum absolute atomic E-state index is 12.5. The van der Waals surface area contributed by atoms with Crippen LogP contribution in [0.4, 0.5) is 0 Å². The Bertz CT molecular complexity index is 595. The van der Waals surface area contributed by atoms with Gasteiger partial charge < -0.3 is 15.0 Å². The van der Waals surface area contributed by atoms with Crippen molar-refractivity contribution in [2.75, 3.05) is 26.7 Å². The molecule has 0 bridgehead atoms. The number of methoxy groups -OCH3 is 1. The van der Waals surface area contributed by atoms with Crippen LogP contribution in [-0.2, 0) is 11.2 Å². The molecule has 2 rings (SSSR count). The van der Waals surface area contributed by atoms with Crippen LogP contribution in [0.3, 0.4) is 0 Å². The van der Waals surface area contributed by atoms with Crippen molar-refractivity contribution in [2.45, 2.75) is 52.0 Å². The summed E-state index contributed by atoms with van der Waals surface area (Å²) >= 11 is 0. The van der Waals surface area contributed by atoms with E-state index < -0.39 is 0 Å². The average Bonchev–Trinajstić information content (AvgIpc) is 2.61. The van der Waals surface area contributed by atoms with Crippen LogP contribution >= 0.6 is 0 Å². The number of benzene rings is 1. The third-order valence-electron chi connectivity index (χ3n) is 4.82. The van der Waals surface area contributed by atoms with Gasteiger partial charge in [0.15, 0.2) is 5.78 Å². The Kier molecular flexibility index (Phi) is 7.44. The molecule has 25 heavy (non-hydrogen) atoms. The van der Waals surface area contributed by atoms with E-state index in [1.54, 1.807) is 25.3 Å². The third kappa shape index (κ3) is 5.85. The van der Waals surface area contributed by atoms with Crippen LogP contribution < -0.4 is 10.1 Å². The summed E-state index contributed by atoms with van der Waals surface area (Å²) in [6.07, 6.45) is 4.94. The zero-order chi connectivity index (χ0) is 18.2. The molecule has 0 aromatic heterocycles. The van der Waals surface area contributed by atoms with Gasteiger partial charge in [-0.3, -0.25) is 9.59 Å². The molecule has 138 valence electrons. The number of amides is 1. The maximum atomic E-state index is 12.5. The molecule has 1 saturated heterocycles. The van der Waals surface area contributed by atoms with Gasteiger partial charge in [-0.05, 0) is 57.5 Å². The van der Waals surface area contributed by atoms with E-state index in [4.69, 9.17) is 4.74 Å². The molecule has 1 aliphatic rings. The number of nitrogens with zero attached hydrogens (tertiary/aromatic N) is 1. The molecule has 1 amide bonds. The number of hydrogen-bond acceptors (Lipinski definition) is 4. The molecule has 1 aliphatic heterocycles. The number of ether oxygens (including phenoxy) is 1. The second-order valence-electron chi connectivity index (χ2n) is 6.79. The fourth-order valence-corrected chi connectivity index (χ4v) is 3.32. The first-order chi connectivity index (χ1) is 12.0. The monoisotopic (exact) mass is 346 g/mol. The lowest BCUT2D eigenvalue weighted by Gasteiger charge is -2.30. The minimum absolute atomic E-state index is 0.0131. The Morgan fingerprint density at radius 2 is 1.96 bits per heavy atom. The number of piperidine rings is 1. The van der Waals surface area contributed by atoms with E-state index in [2.05, 4.69) is 17.1 Å². The van der Waals surface area contributed by atoms with Gasteiger partial charge in [0.25, 0.3) is 0 Å². The number of nitrogens with one attached hydrogen (secondary N) is 1. The highest BCUT2D eigenvalue weighted by molar-refractivity contribution is 5.94. The Morgan fingerprint density at radius 3 is 2.56 bits per heavy atom. The second-order valence-corrected chi connectivity index (χ2v) is 6.79. The molecular weight excluding hydrogens is 316 g/mol. The van der Waals surface area contributed by atoms with Gasteiger partial charge in [0.2, 0.25) is 5.91 Å². The summed E-state index contributed by atoms with van der Waals surface area (Å²) in [4.78, 5) is 26.5. The van der Waals surface area contributed by atoms with Crippen molar-refractivity contribution < 1.29 is 14.3 Å². The number of Topliss-reactive ketones (excluding diaryl/α,β-unsaturated/α-hetero) is 1. The summed E-state index contributed by atoms with van der Waals surface area (Å²) in [5, 5.41) is 3.14. The summed E-state index contributed by atoms with van der Waals surface area (Å²) in [6, 6.07) is 5.40. The minimum atomic E-state index is -0.0251. The van der Waals surface area contributed by atoms with Crippen molar-refractivity contribution in [1.82, 2.24) is 10.2 Å². The van der Waals surface area contributed by atoms with Crippen LogP contribution in [0.2, 0.25) is 0 Å². The average molecular weight is 346 g/mol. The van der Waals surface area contributed by atoms with Gasteiger partial charge in [-0.2, -0.15) is 0 Å². The van der Waals surface area contributed by atoms with E-state index in [1.165, 1.54) is 26.2 Å². The SMILES string of the molecule is CC[C@@H](CN1CCCCC1)NC(=O)Cc1cc(C(C)=O)ccc1OC. The van der Waals surface area contributed by atoms with E-state index in [1.807, 2.05) is 0 Å². The molecule has 0 unspecified atom stereocenters. The van der Waals surface area contributed by atoms with Gasteiger partial charge in [-0.25, -0.2) is 0 Å². The lowest BCUT2D eigenvalue weighted by Crippen LogP contribution is -2.45. The quantitative estimate of drug-likeness (QED) is 0.736. The topological polar surface area (TPSA) is 58.6 Å². The van der Waals surface area contributed by atoms with Crippen molar-refractivity contribution in [2.24, 2.45) is 0 Å². The number of hydrogen-bond donors (Lipinski definition) is 1. The Balaban J connectivity index is 1.97. The first-order valence-electron chi connectivity index (χ1n) is 9.23. The van der Waals surface area contributed by atoms with Crippen LogP contribution in [0.5, 0.6) is 5.75 Å². The van der Waals surface area contributed by atoms with Crippen molar-refractivity contribution in [3.8, 4) is 5.75 Å². The highest BCUT2D eigenvalue weighted by Crippen LogP contribution is 2.21. The predicted molar refractivity (Wildman–Crippen MR) is 99.2 cm³/mol. The van der Waals surface area contributed by atoms with Crippen LogP contribution in [0.25, 0.3) is 0 Å². The standard InChI is InChI=1S/C20H30N2O3/c1-4-18(14-22-10-6-5-7-11-22)21-20(24)13-17-12-16(15(2)23)8-9-19(17)25-3/h8-9,12,18H,4-7,10-11,13-14H2,1-3H3,(H,21,24)/t18-/m0/s1. The molecule has 1 heterocycles. The number of likely N-dealkylation sites (tertiary alicyclic amines) is 1. The molecule has 0 aliphatic carbocycles. The molecule has 5 heteroatoms. The number of ketones is 1. The molecule has 1 aromatic rings. The fraction of sp³-hybridized carbons (Fsp3) is 0.600. The molecule has 5 nitrogen and oxygen atoms in total. The lowest BCUT2D eigenvalue weighted by atomic mass is 10.0. The molecule has 1 N–H and O–H groups in total. The molecule has 1 fully saturated rings. The molecule has 1 atom stereocenters. The highest BCUT2D eigenvalue weighted by Gasteiger charge is 2.18. The van der Waals surface area contributed by atoms with Gasteiger partial charge in [0.1, 0.15) is 5.75 Å². The zero-order valence-corrected chi connectivity index (χ0v) is 15.6. The van der Waals surface area contributed by atoms with Crippen molar-refractivity contribution in [1.29, 1.82) is 0 Å². The van der Waals surface area contributed by atoms with Crippen molar-refractivity contribution in [3.05, 3.63) is 29.3 Å². The Morgan fingerprint density at radius 1 is 1.24 bits per heavy atom. The molecule has 0 radical (unpaired) electrons. The van der Waals surface area contributed by atoms with Crippen molar-refractivity contribution >= 4 is 11.7 Å². The summed E-state index contributed by atoms with van der Waals surface area (Å²) in [5.74, 6) is 0.605. The van der Waals surface area contributed by atoms with Crippen LogP contribution in [0.1, 0.15) is 55.5 Å². The van der Waals surface area contributed by atoms with Gasteiger partial charge in [0.05, 0.1) is 13.5 Å². The Hall–Kier alpha value is -1.88. The fourth-order valence-electron chi connectivity index (χ4n) is 3.32. The normalized spacial score (nSPS) is 16.3. The van der Waals surface area contributed by atoms with Gasteiger partial charge in [0, 0.05) is 23.7 Å². The zero-order valence-electron chi connectivity index (χ0n) is 15.6. The number of rotatable bonds is 8. The van der Waals surface area contributed by atoms with Crippen LogP contribution in [0, 0.1) is 0 Å². The smallest absolute Gasteiger partial charge is 0.224 e. The lowest BCUT2D eigenvalue weighted by molar-refractivity contribution is -0.121. The number of carbonyl (C=O) groups excluding carboxylic acids is 2. The molecule has 1 aromatic carbocycles. The summed E-state index contributed by atoms with van der Waals surface area (Å²) in [6.45, 7) is 6.79. The van der Waals surface area contributed by atoms with Gasteiger partial charge >= 0.3 is 0 Å². The summed E-state index contributed by atoms with van der Waals surface area (Å²) in [5.41, 5.74) is 1.35. The maximum Gasteiger partial charge on any atom is 0.224 e. The molecule has 0 spiro atoms. The second kappa shape index (κ2) is 9.56. The first-order valence-corrected chi connectivity index (χ1v) is 9.23.